The predicted molar refractivity (Wildman–Crippen MR) is 100 cm³/mol. The molecular formula is C21H32N2O2. The summed E-state index contributed by atoms with van der Waals surface area (Å²) in [7, 11) is 0. The van der Waals surface area contributed by atoms with Gasteiger partial charge in [0, 0.05) is 26.2 Å². The zero-order valence-electron chi connectivity index (χ0n) is 15.3. The molecule has 3 rings (SSSR count). The Labute approximate surface area is 151 Å². The molecule has 1 aromatic rings. The number of ether oxygens (including phenoxy) is 1. The molecule has 1 heterocycles. The number of benzene rings is 1. The summed E-state index contributed by atoms with van der Waals surface area (Å²) in [4.78, 5) is 14.7. The van der Waals surface area contributed by atoms with Crippen LogP contribution < -0.4 is 5.32 Å². The molecule has 4 heteroatoms. The first-order valence-corrected chi connectivity index (χ1v) is 9.94. The third kappa shape index (κ3) is 6.44. The summed E-state index contributed by atoms with van der Waals surface area (Å²) in [6, 6.07) is 10.4. The van der Waals surface area contributed by atoms with E-state index in [9.17, 15) is 4.79 Å². The summed E-state index contributed by atoms with van der Waals surface area (Å²) >= 11 is 0. The van der Waals surface area contributed by atoms with Gasteiger partial charge in [-0.1, -0.05) is 49.6 Å². The second-order valence-corrected chi connectivity index (χ2v) is 7.60. The minimum absolute atomic E-state index is 0.152. The number of nitrogens with zero attached hydrogens (tertiary/aromatic N) is 1. The van der Waals surface area contributed by atoms with E-state index < -0.39 is 0 Å². The van der Waals surface area contributed by atoms with E-state index in [-0.39, 0.29) is 12.0 Å². The van der Waals surface area contributed by atoms with Crippen molar-refractivity contribution in [2.45, 2.75) is 57.6 Å². The van der Waals surface area contributed by atoms with Crippen LogP contribution in [0.15, 0.2) is 30.3 Å². The third-order valence-electron chi connectivity index (χ3n) is 5.41. The summed E-state index contributed by atoms with van der Waals surface area (Å²) in [5.74, 6) is 0.831. The molecule has 1 saturated heterocycles. The summed E-state index contributed by atoms with van der Waals surface area (Å²) in [6.45, 7) is 3.81. The van der Waals surface area contributed by atoms with Crippen LogP contribution in [0.1, 0.15) is 50.5 Å². The average molecular weight is 344 g/mol. The molecule has 0 aromatic heterocycles. The molecule has 1 N–H and O–H groups in total. The highest BCUT2D eigenvalue weighted by Gasteiger charge is 2.21. The molecule has 4 nitrogen and oxygen atoms in total. The Bertz CT molecular complexity index is 508. The highest BCUT2D eigenvalue weighted by Crippen LogP contribution is 2.22. The van der Waals surface area contributed by atoms with E-state index in [1.54, 1.807) is 0 Å². The monoisotopic (exact) mass is 344 g/mol. The van der Waals surface area contributed by atoms with Crippen LogP contribution in [0.25, 0.3) is 0 Å². The zero-order valence-corrected chi connectivity index (χ0v) is 15.3. The fourth-order valence-corrected chi connectivity index (χ4v) is 4.01. The number of amides is 1. The minimum atomic E-state index is 0.152. The van der Waals surface area contributed by atoms with Gasteiger partial charge < -0.3 is 10.1 Å². The van der Waals surface area contributed by atoms with Gasteiger partial charge in [0.25, 0.3) is 0 Å². The second-order valence-electron chi connectivity index (χ2n) is 7.60. The molecule has 1 aromatic carbocycles. The largest absolute Gasteiger partial charge is 0.377 e. The molecule has 1 aliphatic carbocycles. The molecule has 2 aliphatic rings. The standard InChI is InChI=1S/C21H32N2O2/c24-21(22-14-18-8-3-1-4-9-18)17-23(16-20-12-7-13-25-20)15-19-10-5-2-6-11-19/h2,5-6,10-11,18,20H,1,3-4,7-9,12-17H2,(H,22,24). The van der Waals surface area contributed by atoms with Gasteiger partial charge in [-0.05, 0) is 37.2 Å². The fraction of sp³-hybridized carbons (Fsp3) is 0.667. The Balaban J connectivity index is 1.49. The molecule has 1 amide bonds. The Hall–Kier alpha value is -1.39. The van der Waals surface area contributed by atoms with E-state index in [0.717, 1.165) is 39.1 Å². The highest BCUT2D eigenvalue weighted by atomic mass is 16.5. The summed E-state index contributed by atoms with van der Waals surface area (Å²) < 4.78 is 5.78. The summed E-state index contributed by atoms with van der Waals surface area (Å²) in [6.07, 6.45) is 9.05. The first-order valence-electron chi connectivity index (χ1n) is 9.94. The van der Waals surface area contributed by atoms with E-state index in [0.29, 0.717) is 12.5 Å². The average Bonchev–Trinajstić information content (AvgIpc) is 3.15. The van der Waals surface area contributed by atoms with Crippen molar-refractivity contribution in [3.63, 3.8) is 0 Å². The molecule has 1 unspecified atom stereocenters. The summed E-state index contributed by atoms with van der Waals surface area (Å²) in [5.41, 5.74) is 1.25. The van der Waals surface area contributed by atoms with E-state index in [2.05, 4.69) is 34.5 Å². The minimum Gasteiger partial charge on any atom is -0.377 e. The molecule has 0 radical (unpaired) electrons. The van der Waals surface area contributed by atoms with Crippen LogP contribution in [0, 0.1) is 5.92 Å². The lowest BCUT2D eigenvalue weighted by atomic mass is 9.89. The van der Waals surface area contributed by atoms with Gasteiger partial charge in [0.1, 0.15) is 0 Å². The summed E-state index contributed by atoms with van der Waals surface area (Å²) in [5, 5.41) is 3.17. The van der Waals surface area contributed by atoms with Gasteiger partial charge in [-0.3, -0.25) is 9.69 Å². The van der Waals surface area contributed by atoms with Gasteiger partial charge in [0.05, 0.1) is 12.6 Å². The van der Waals surface area contributed by atoms with Crippen molar-refractivity contribution < 1.29 is 9.53 Å². The van der Waals surface area contributed by atoms with Crippen LogP contribution in [-0.4, -0.2) is 43.2 Å². The number of rotatable bonds is 8. The Morgan fingerprint density at radius 3 is 2.60 bits per heavy atom. The lowest BCUT2D eigenvalue weighted by Gasteiger charge is -2.26. The molecule has 1 aliphatic heterocycles. The van der Waals surface area contributed by atoms with Crippen LogP contribution in [0.5, 0.6) is 0 Å². The van der Waals surface area contributed by atoms with Crippen molar-refractivity contribution in [2.24, 2.45) is 5.92 Å². The number of hydrogen-bond acceptors (Lipinski definition) is 3. The first kappa shape index (κ1) is 18.4. The molecule has 0 bridgehead atoms. The maximum Gasteiger partial charge on any atom is 0.234 e. The molecule has 1 atom stereocenters. The van der Waals surface area contributed by atoms with Crippen molar-refractivity contribution in [1.29, 1.82) is 0 Å². The Morgan fingerprint density at radius 1 is 1.08 bits per heavy atom. The molecular weight excluding hydrogens is 312 g/mol. The third-order valence-corrected chi connectivity index (χ3v) is 5.41. The van der Waals surface area contributed by atoms with E-state index in [1.165, 1.54) is 37.7 Å². The van der Waals surface area contributed by atoms with Gasteiger partial charge >= 0.3 is 0 Å². The van der Waals surface area contributed by atoms with Gasteiger partial charge in [-0.25, -0.2) is 0 Å². The van der Waals surface area contributed by atoms with Crippen LogP contribution >= 0.6 is 0 Å². The lowest BCUT2D eigenvalue weighted by molar-refractivity contribution is -0.123. The second kappa shape index (κ2) is 9.93. The molecule has 0 spiro atoms. The molecule has 1 saturated carbocycles. The maximum atomic E-state index is 12.5. The Morgan fingerprint density at radius 2 is 1.88 bits per heavy atom. The van der Waals surface area contributed by atoms with Crippen LogP contribution in [0.3, 0.4) is 0 Å². The van der Waals surface area contributed by atoms with Crippen molar-refractivity contribution >= 4 is 5.91 Å². The fourth-order valence-electron chi connectivity index (χ4n) is 4.01. The Kier molecular flexibility index (Phi) is 7.31. The quantitative estimate of drug-likeness (QED) is 0.786. The van der Waals surface area contributed by atoms with Crippen molar-refractivity contribution in [1.82, 2.24) is 10.2 Å². The number of nitrogens with one attached hydrogen (secondary N) is 1. The van der Waals surface area contributed by atoms with E-state index in [4.69, 9.17) is 4.74 Å². The van der Waals surface area contributed by atoms with Gasteiger partial charge in [0.2, 0.25) is 5.91 Å². The van der Waals surface area contributed by atoms with E-state index in [1.807, 2.05) is 6.07 Å². The van der Waals surface area contributed by atoms with Crippen molar-refractivity contribution in [3.8, 4) is 0 Å². The number of carbonyl (C=O) groups is 1. The normalized spacial score (nSPS) is 21.6. The van der Waals surface area contributed by atoms with Gasteiger partial charge in [-0.2, -0.15) is 0 Å². The predicted octanol–water partition coefficient (Wildman–Crippen LogP) is 3.36. The topological polar surface area (TPSA) is 41.6 Å². The van der Waals surface area contributed by atoms with Gasteiger partial charge in [-0.15, -0.1) is 0 Å². The first-order chi connectivity index (χ1) is 12.3. The number of hydrogen-bond donors (Lipinski definition) is 1. The van der Waals surface area contributed by atoms with Crippen molar-refractivity contribution in [2.75, 3.05) is 26.2 Å². The van der Waals surface area contributed by atoms with Crippen molar-refractivity contribution in [3.05, 3.63) is 35.9 Å². The van der Waals surface area contributed by atoms with Crippen LogP contribution in [-0.2, 0) is 16.1 Å². The SMILES string of the molecule is O=C(CN(Cc1ccccc1)CC1CCCO1)NCC1CCCCC1. The van der Waals surface area contributed by atoms with E-state index >= 15 is 0 Å². The zero-order chi connectivity index (χ0) is 17.3. The molecule has 2 fully saturated rings. The molecule has 25 heavy (non-hydrogen) atoms. The van der Waals surface area contributed by atoms with Crippen LogP contribution in [0.4, 0.5) is 0 Å². The maximum absolute atomic E-state index is 12.5. The smallest absolute Gasteiger partial charge is 0.234 e. The highest BCUT2D eigenvalue weighted by molar-refractivity contribution is 5.78. The van der Waals surface area contributed by atoms with Crippen LogP contribution in [0.2, 0.25) is 0 Å². The molecule has 138 valence electrons. The lowest BCUT2D eigenvalue weighted by Crippen LogP contribution is -2.41. The number of carbonyl (C=O) groups excluding carboxylic acids is 1. The van der Waals surface area contributed by atoms with Gasteiger partial charge in [0.15, 0.2) is 0 Å².